The van der Waals surface area contributed by atoms with Gasteiger partial charge in [-0.2, -0.15) is 22.0 Å². The van der Waals surface area contributed by atoms with Crippen LogP contribution in [-0.4, -0.2) is 36.9 Å². The number of halogens is 12. The molecule has 1 nitrogen and oxygen atoms in total. The van der Waals surface area contributed by atoms with Gasteiger partial charge in [0.05, 0.1) is 0 Å². The summed E-state index contributed by atoms with van der Waals surface area (Å²) in [5.41, 5.74) is -6.84. The molecule has 0 spiro atoms. The molecule has 0 aliphatic heterocycles. The van der Waals surface area contributed by atoms with Crippen LogP contribution < -0.4 is 0 Å². The van der Waals surface area contributed by atoms with Crippen molar-refractivity contribution in [2.75, 3.05) is 0 Å². The van der Waals surface area contributed by atoms with E-state index in [-0.39, 0.29) is 0 Å². The van der Waals surface area contributed by atoms with E-state index in [4.69, 9.17) is 0 Å². The molecule has 0 N–H and O–H groups in total. The number of ether oxygens (including phenoxy) is 1. The zero-order chi connectivity index (χ0) is 15.9. The molecule has 2 unspecified atom stereocenters. The summed E-state index contributed by atoms with van der Waals surface area (Å²) < 4.78 is 145. The van der Waals surface area contributed by atoms with Crippen molar-refractivity contribution < 1.29 is 57.4 Å². The van der Waals surface area contributed by atoms with E-state index in [1.54, 1.807) is 4.74 Å². The molecule has 0 aliphatic rings. The third-order valence-corrected chi connectivity index (χ3v) is 1.72. The van der Waals surface area contributed by atoms with Gasteiger partial charge in [-0.05, 0) is 0 Å². The summed E-state index contributed by atoms with van der Waals surface area (Å²) in [6, 6.07) is 0. The van der Waals surface area contributed by atoms with E-state index in [0.717, 1.165) is 0 Å². The first-order valence-electron chi connectivity index (χ1n) is 3.87. The molecule has 0 aromatic carbocycles. The Morgan fingerprint density at radius 2 is 1.05 bits per heavy atom. The molecule has 0 rings (SSSR count). The predicted molar refractivity (Wildman–Crippen MR) is 32.9 cm³/mol. The van der Waals surface area contributed by atoms with Crippen LogP contribution in [-0.2, 0) is 4.74 Å². The Balaban J connectivity index is 5.57. The summed E-state index contributed by atoms with van der Waals surface area (Å²) in [5, 5.41) is 0. The van der Waals surface area contributed by atoms with Crippen LogP contribution in [0.15, 0.2) is 0 Å². The minimum absolute atomic E-state index is 1.80. The number of rotatable bonds is 4. The van der Waals surface area contributed by atoms with Crippen LogP contribution in [0.2, 0.25) is 0 Å². The van der Waals surface area contributed by atoms with Crippen molar-refractivity contribution in [3.8, 4) is 0 Å². The molecule has 0 saturated carbocycles. The Morgan fingerprint density at radius 1 is 0.684 bits per heavy atom. The normalized spacial score (nSPS) is 19.4. The SMILES string of the molecule is FC(OC(F)(F)F)C(F)(F)C(F)(C(F)F)C(F)(F)F. The lowest BCUT2D eigenvalue weighted by Crippen LogP contribution is -2.64. The van der Waals surface area contributed by atoms with Crippen molar-refractivity contribution in [2.45, 2.75) is 36.9 Å². The van der Waals surface area contributed by atoms with Gasteiger partial charge in [0.15, 0.2) is 0 Å². The third kappa shape index (κ3) is 3.36. The molecule has 2 atom stereocenters. The Labute approximate surface area is 95.7 Å². The second-order valence-corrected chi connectivity index (χ2v) is 3.01. The maximum absolute atomic E-state index is 12.7. The number of hydrogen-bond donors (Lipinski definition) is 0. The molecule has 0 saturated heterocycles. The Bertz CT molecular complexity index is 304. The molecule has 0 fully saturated rings. The van der Waals surface area contributed by atoms with Crippen LogP contribution in [0.25, 0.3) is 0 Å². The summed E-state index contributed by atoms with van der Waals surface area (Å²) >= 11 is 0. The predicted octanol–water partition coefficient (Wildman–Crippen LogP) is 3.99. The molecule has 0 aromatic rings. The molecular formula is C6H2F12O. The third-order valence-electron chi connectivity index (χ3n) is 1.72. The van der Waals surface area contributed by atoms with E-state index in [1.807, 2.05) is 0 Å². The maximum atomic E-state index is 12.7. The van der Waals surface area contributed by atoms with E-state index in [1.165, 1.54) is 0 Å². The molecule has 0 aromatic heterocycles. The fraction of sp³-hybridized carbons (Fsp3) is 1.00. The van der Waals surface area contributed by atoms with Gasteiger partial charge in [-0.25, -0.2) is 17.6 Å². The highest BCUT2D eigenvalue weighted by atomic mass is 19.4. The lowest BCUT2D eigenvalue weighted by atomic mass is 9.97. The number of hydrogen-bond acceptors (Lipinski definition) is 1. The lowest BCUT2D eigenvalue weighted by Gasteiger charge is -2.35. The molecular weight excluding hydrogens is 316 g/mol. The average Bonchev–Trinajstić information content (AvgIpc) is 2.10. The smallest absolute Gasteiger partial charge is 0.250 e. The molecule has 116 valence electrons. The zero-order valence-electron chi connectivity index (χ0n) is 8.10. The minimum Gasteiger partial charge on any atom is -0.250 e. The monoisotopic (exact) mass is 318 g/mol. The maximum Gasteiger partial charge on any atom is 0.525 e. The topological polar surface area (TPSA) is 9.23 Å². The van der Waals surface area contributed by atoms with E-state index >= 15 is 0 Å². The van der Waals surface area contributed by atoms with Crippen molar-refractivity contribution in [1.82, 2.24) is 0 Å². The first-order chi connectivity index (χ1) is 8.07. The fourth-order valence-corrected chi connectivity index (χ4v) is 0.815. The van der Waals surface area contributed by atoms with Crippen molar-refractivity contribution in [1.29, 1.82) is 0 Å². The molecule has 0 amide bonds. The average molecular weight is 318 g/mol. The Kier molecular flexibility index (Phi) is 4.68. The molecule has 19 heavy (non-hydrogen) atoms. The second kappa shape index (κ2) is 4.90. The van der Waals surface area contributed by atoms with Gasteiger partial charge in [-0.3, -0.25) is 4.74 Å². The van der Waals surface area contributed by atoms with Crippen LogP contribution in [0.3, 0.4) is 0 Å². The van der Waals surface area contributed by atoms with Gasteiger partial charge in [-0.1, -0.05) is 0 Å². The largest absolute Gasteiger partial charge is 0.525 e. The standard InChI is InChI=1S/C6H2F12O/c7-1(8)3(10,5(13,14)15)4(11,12)2(9)19-6(16,17)18/h1-2H. The molecule has 0 aliphatic carbocycles. The van der Waals surface area contributed by atoms with Gasteiger partial charge in [0.1, 0.15) is 0 Å². The summed E-state index contributed by atoms with van der Waals surface area (Å²) in [7, 11) is 0. The Hall–Kier alpha value is -0.880. The fourth-order valence-electron chi connectivity index (χ4n) is 0.815. The summed E-state index contributed by atoms with van der Waals surface area (Å²) in [6.07, 6.45) is -24.1. The Morgan fingerprint density at radius 3 is 1.26 bits per heavy atom. The molecule has 0 radical (unpaired) electrons. The van der Waals surface area contributed by atoms with E-state index in [9.17, 15) is 52.7 Å². The van der Waals surface area contributed by atoms with Gasteiger partial charge >= 0.3 is 24.1 Å². The zero-order valence-corrected chi connectivity index (χ0v) is 8.10. The quantitative estimate of drug-likeness (QED) is 0.712. The van der Waals surface area contributed by atoms with Gasteiger partial charge in [0, 0.05) is 0 Å². The van der Waals surface area contributed by atoms with Crippen LogP contribution >= 0.6 is 0 Å². The van der Waals surface area contributed by atoms with Crippen molar-refractivity contribution in [3.05, 3.63) is 0 Å². The van der Waals surface area contributed by atoms with Crippen LogP contribution in [0.5, 0.6) is 0 Å². The van der Waals surface area contributed by atoms with Gasteiger partial charge in [0.25, 0.3) is 12.8 Å². The van der Waals surface area contributed by atoms with E-state index in [0.29, 0.717) is 0 Å². The van der Waals surface area contributed by atoms with Crippen LogP contribution in [0.4, 0.5) is 52.7 Å². The van der Waals surface area contributed by atoms with Gasteiger partial charge in [-0.15, -0.1) is 13.2 Å². The van der Waals surface area contributed by atoms with Crippen molar-refractivity contribution in [2.24, 2.45) is 0 Å². The minimum atomic E-state index is -7.04. The molecule has 13 heteroatoms. The van der Waals surface area contributed by atoms with Crippen molar-refractivity contribution in [3.63, 3.8) is 0 Å². The van der Waals surface area contributed by atoms with Gasteiger partial charge in [0.2, 0.25) is 0 Å². The van der Waals surface area contributed by atoms with Crippen molar-refractivity contribution >= 4 is 0 Å². The summed E-state index contributed by atoms with van der Waals surface area (Å²) in [4.78, 5) is 0. The lowest BCUT2D eigenvalue weighted by molar-refractivity contribution is -0.425. The first-order valence-corrected chi connectivity index (χ1v) is 3.87. The molecule has 0 heterocycles. The van der Waals surface area contributed by atoms with Crippen LogP contribution in [0, 0.1) is 0 Å². The molecule has 0 bridgehead atoms. The van der Waals surface area contributed by atoms with Crippen LogP contribution in [0.1, 0.15) is 0 Å². The summed E-state index contributed by atoms with van der Waals surface area (Å²) in [6.45, 7) is 0. The highest BCUT2D eigenvalue weighted by molar-refractivity contribution is 5.03. The highest BCUT2D eigenvalue weighted by Gasteiger charge is 2.80. The van der Waals surface area contributed by atoms with E-state index in [2.05, 4.69) is 0 Å². The first kappa shape index (κ1) is 18.1. The summed E-state index contributed by atoms with van der Waals surface area (Å²) in [5.74, 6) is -6.82. The second-order valence-electron chi connectivity index (χ2n) is 3.01. The highest BCUT2D eigenvalue weighted by Crippen LogP contribution is 2.51. The van der Waals surface area contributed by atoms with E-state index < -0.39 is 36.9 Å². The van der Waals surface area contributed by atoms with Gasteiger partial charge < -0.3 is 0 Å². The number of alkyl halides is 12.